The first-order valence-electron chi connectivity index (χ1n) is 4.06. The highest BCUT2D eigenvalue weighted by atomic mass is 35.5. The van der Waals surface area contributed by atoms with E-state index in [9.17, 15) is 14.9 Å². The zero-order valence-corrected chi connectivity index (χ0v) is 8.35. The van der Waals surface area contributed by atoms with Gasteiger partial charge in [0, 0.05) is 12.1 Å². The third kappa shape index (κ3) is 1.47. The molecule has 0 aliphatic rings. The summed E-state index contributed by atoms with van der Waals surface area (Å²) in [6.45, 7) is 0. The highest BCUT2D eigenvalue weighted by Crippen LogP contribution is 2.28. The number of non-ortho nitro benzene ring substituents is 1. The maximum Gasteiger partial charge on any atom is 0.336 e. The molecule has 82 valence electrons. The maximum absolute atomic E-state index is 10.9. The van der Waals surface area contributed by atoms with Crippen LogP contribution in [0.1, 0.15) is 10.4 Å². The molecule has 0 fully saturated rings. The smallest absolute Gasteiger partial charge is 0.336 e. The molecule has 0 atom stereocenters. The Balaban J connectivity index is 2.86. The minimum atomic E-state index is -1.29. The minimum absolute atomic E-state index is 0.0438. The summed E-state index contributed by atoms with van der Waals surface area (Å²) in [6, 6.07) is 2.11. The van der Waals surface area contributed by atoms with Crippen molar-refractivity contribution >= 4 is 34.2 Å². The fourth-order valence-electron chi connectivity index (χ4n) is 1.37. The van der Waals surface area contributed by atoms with Crippen LogP contribution in [0.2, 0.25) is 5.15 Å². The fraction of sp³-hybridized carbons (Fsp3) is 0. The van der Waals surface area contributed by atoms with Crippen LogP contribution in [0.5, 0.6) is 0 Å². The molecule has 0 amide bonds. The summed E-state index contributed by atoms with van der Waals surface area (Å²) in [4.78, 5) is 20.8. The molecule has 8 heteroatoms. The third-order valence-electron chi connectivity index (χ3n) is 2.04. The van der Waals surface area contributed by atoms with Crippen LogP contribution in [0, 0.1) is 10.1 Å². The number of carbonyl (C=O) groups is 1. The second kappa shape index (κ2) is 3.46. The van der Waals surface area contributed by atoms with Crippen molar-refractivity contribution in [3.8, 4) is 0 Å². The van der Waals surface area contributed by atoms with E-state index in [2.05, 4.69) is 10.2 Å². The van der Waals surface area contributed by atoms with Gasteiger partial charge in [0.15, 0.2) is 0 Å². The Kier molecular flexibility index (Phi) is 2.24. The molecule has 0 aliphatic carbocycles. The van der Waals surface area contributed by atoms with Gasteiger partial charge >= 0.3 is 5.97 Å². The zero-order chi connectivity index (χ0) is 11.9. The van der Waals surface area contributed by atoms with Gasteiger partial charge in [-0.3, -0.25) is 15.2 Å². The van der Waals surface area contributed by atoms with Gasteiger partial charge in [0.1, 0.15) is 10.7 Å². The van der Waals surface area contributed by atoms with Gasteiger partial charge in [-0.1, -0.05) is 11.6 Å². The van der Waals surface area contributed by atoms with Gasteiger partial charge in [0.2, 0.25) is 0 Å². The molecule has 1 aromatic heterocycles. The average molecular weight is 242 g/mol. The van der Waals surface area contributed by atoms with Crippen LogP contribution in [0.4, 0.5) is 5.69 Å². The zero-order valence-electron chi connectivity index (χ0n) is 7.60. The van der Waals surface area contributed by atoms with E-state index in [4.69, 9.17) is 16.7 Å². The van der Waals surface area contributed by atoms with Gasteiger partial charge < -0.3 is 5.11 Å². The molecule has 0 radical (unpaired) electrons. The molecule has 0 saturated heterocycles. The molecule has 1 heterocycles. The van der Waals surface area contributed by atoms with E-state index in [1.807, 2.05) is 0 Å². The lowest BCUT2D eigenvalue weighted by Crippen LogP contribution is -1.99. The van der Waals surface area contributed by atoms with Crippen LogP contribution in [-0.2, 0) is 0 Å². The number of aromatic amines is 1. The van der Waals surface area contributed by atoms with Gasteiger partial charge in [-0.2, -0.15) is 5.10 Å². The monoisotopic (exact) mass is 241 g/mol. The van der Waals surface area contributed by atoms with Gasteiger partial charge in [-0.25, -0.2) is 4.79 Å². The molecular weight excluding hydrogens is 238 g/mol. The van der Waals surface area contributed by atoms with Crippen LogP contribution in [0.15, 0.2) is 12.1 Å². The first-order chi connectivity index (χ1) is 7.50. The van der Waals surface area contributed by atoms with Crippen LogP contribution in [-0.4, -0.2) is 26.2 Å². The number of H-pyrrole nitrogens is 1. The lowest BCUT2D eigenvalue weighted by molar-refractivity contribution is -0.384. The number of nitrogens with zero attached hydrogens (tertiary/aromatic N) is 2. The lowest BCUT2D eigenvalue weighted by atomic mass is 10.1. The Hall–Kier alpha value is -2.15. The standard InChI is InChI=1S/C8H4ClN3O4/c9-7-6-4(8(13)14)1-3(12(15)16)2-5(6)10-11-7/h1-2H,(H,10,11)(H,13,14). The predicted molar refractivity (Wildman–Crippen MR) is 54.7 cm³/mol. The van der Waals surface area contributed by atoms with Crippen molar-refractivity contribution in [3.63, 3.8) is 0 Å². The van der Waals surface area contributed by atoms with E-state index >= 15 is 0 Å². The van der Waals surface area contributed by atoms with E-state index in [0.717, 1.165) is 12.1 Å². The first-order valence-corrected chi connectivity index (χ1v) is 4.44. The number of aromatic nitrogens is 2. The highest BCUT2D eigenvalue weighted by molar-refractivity contribution is 6.35. The van der Waals surface area contributed by atoms with Crippen molar-refractivity contribution in [1.29, 1.82) is 0 Å². The topological polar surface area (TPSA) is 109 Å². The molecule has 7 nitrogen and oxygen atoms in total. The highest BCUT2D eigenvalue weighted by Gasteiger charge is 2.19. The SMILES string of the molecule is O=C(O)c1cc([N+](=O)[O-])cc2n[nH]c(Cl)c12. The largest absolute Gasteiger partial charge is 0.478 e. The van der Waals surface area contributed by atoms with Crippen LogP contribution in [0.25, 0.3) is 10.9 Å². The molecule has 0 unspecified atom stereocenters. The maximum atomic E-state index is 10.9. The number of nitrogens with one attached hydrogen (secondary N) is 1. The molecule has 0 bridgehead atoms. The molecule has 0 saturated carbocycles. The number of hydrogen-bond acceptors (Lipinski definition) is 4. The average Bonchev–Trinajstić information content (AvgIpc) is 2.59. The van der Waals surface area contributed by atoms with E-state index in [1.54, 1.807) is 0 Å². The number of carboxylic acids is 1. The van der Waals surface area contributed by atoms with Crippen molar-refractivity contribution in [2.24, 2.45) is 0 Å². The molecule has 2 aromatic rings. The van der Waals surface area contributed by atoms with Gasteiger partial charge in [-0.15, -0.1) is 0 Å². The third-order valence-corrected chi connectivity index (χ3v) is 2.31. The van der Waals surface area contributed by atoms with Crippen molar-refractivity contribution in [2.75, 3.05) is 0 Å². The Bertz CT molecular complexity index is 607. The number of rotatable bonds is 2. The minimum Gasteiger partial charge on any atom is -0.478 e. The van der Waals surface area contributed by atoms with Gasteiger partial charge in [0.05, 0.1) is 15.9 Å². The Morgan fingerprint density at radius 2 is 2.25 bits per heavy atom. The summed E-state index contributed by atoms with van der Waals surface area (Å²) in [5, 5.41) is 25.7. The van der Waals surface area contributed by atoms with Crippen LogP contribution < -0.4 is 0 Å². The summed E-state index contributed by atoms with van der Waals surface area (Å²) in [5.74, 6) is -1.29. The number of hydrogen-bond donors (Lipinski definition) is 2. The number of nitro groups is 1. The molecule has 0 spiro atoms. The fourth-order valence-corrected chi connectivity index (χ4v) is 1.61. The van der Waals surface area contributed by atoms with E-state index in [1.165, 1.54) is 0 Å². The summed E-state index contributed by atoms with van der Waals surface area (Å²) >= 11 is 5.70. The summed E-state index contributed by atoms with van der Waals surface area (Å²) < 4.78 is 0. The van der Waals surface area contributed by atoms with E-state index < -0.39 is 10.9 Å². The molecule has 2 rings (SSSR count). The predicted octanol–water partition coefficient (Wildman–Crippen LogP) is 1.82. The number of halogens is 1. The number of aromatic carboxylic acids is 1. The van der Waals surface area contributed by atoms with E-state index in [0.29, 0.717) is 0 Å². The Morgan fingerprint density at radius 3 is 2.81 bits per heavy atom. The Labute approximate surface area is 92.8 Å². The van der Waals surface area contributed by atoms with Gasteiger partial charge in [0.25, 0.3) is 5.69 Å². The second-order valence-electron chi connectivity index (χ2n) is 2.99. The molecule has 16 heavy (non-hydrogen) atoms. The molecular formula is C8H4ClN3O4. The van der Waals surface area contributed by atoms with Crippen molar-refractivity contribution in [1.82, 2.24) is 10.2 Å². The number of nitro benzene ring substituents is 1. The number of carboxylic acid groups (broad SMARTS) is 1. The van der Waals surface area contributed by atoms with Crippen molar-refractivity contribution < 1.29 is 14.8 Å². The van der Waals surface area contributed by atoms with Gasteiger partial charge in [-0.05, 0) is 0 Å². The van der Waals surface area contributed by atoms with Crippen LogP contribution in [0.3, 0.4) is 0 Å². The van der Waals surface area contributed by atoms with Crippen molar-refractivity contribution in [2.45, 2.75) is 0 Å². The Morgan fingerprint density at radius 1 is 1.56 bits per heavy atom. The molecule has 2 N–H and O–H groups in total. The summed E-state index contributed by atoms with van der Waals surface area (Å²) in [5.41, 5.74) is -0.437. The lowest BCUT2D eigenvalue weighted by Gasteiger charge is -1.97. The van der Waals surface area contributed by atoms with E-state index in [-0.39, 0.29) is 27.3 Å². The summed E-state index contributed by atoms with van der Waals surface area (Å²) in [6.07, 6.45) is 0. The second-order valence-corrected chi connectivity index (χ2v) is 3.37. The molecule has 0 aliphatic heterocycles. The number of benzene rings is 1. The van der Waals surface area contributed by atoms with Crippen LogP contribution >= 0.6 is 11.6 Å². The molecule has 1 aromatic carbocycles. The van der Waals surface area contributed by atoms with Crippen molar-refractivity contribution in [3.05, 3.63) is 33.0 Å². The number of fused-ring (bicyclic) bond motifs is 1. The summed E-state index contributed by atoms with van der Waals surface area (Å²) in [7, 11) is 0. The first kappa shape index (κ1) is 10.4. The quantitative estimate of drug-likeness (QED) is 0.616. The normalized spacial score (nSPS) is 10.6.